The van der Waals surface area contributed by atoms with Crippen molar-refractivity contribution in [1.82, 2.24) is 0 Å². The van der Waals surface area contributed by atoms with Crippen LogP contribution in [-0.4, -0.2) is 8.42 Å². The number of hydrogen-bond donors (Lipinski definition) is 1. The Morgan fingerprint density at radius 3 is 2.83 bits per heavy atom. The van der Waals surface area contributed by atoms with Crippen LogP contribution >= 0.6 is 0 Å². The van der Waals surface area contributed by atoms with Gasteiger partial charge in [-0.15, -0.1) is 6.58 Å². The van der Waals surface area contributed by atoms with Crippen LogP contribution in [0.4, 0.5) is 0 Å². The van der Waals surface area contributed by atoms with Crippen LogP contribution in [0.1, 0.15) is 55.6 Å². The molecule has 0 bridgehead atoms. The third-order valence-electron chi connectivity index (χ3n) is 6.73. The molecule has 0 aromatic heterocycles. The van der Waals surface area contributed by atoms with Crippen LogP contribution in [-0.2, 0) is 16.7 Å². The first-order chi connectivity index (χ1) is 11.4. The maximum Gasteiger partial charge on any atom is 0.380 e. The number of aryl methyl sites for hydroxylation is 1. The van der Waals surface area contributed by atoms with Crippen LogP contribution in [0.25, 0.3) is 0 Å². The van der Waals surface area contributed by atoms with E-state index >= 15 is 0 Å². The molecule has 4 rings (SSSR count). The van der Waals surface area contributed by atoms with Crippen LogP contribution in [0.15, 0.2) is 30.9 Å². The Kier molecular flexibility index (Phi) is 3.77. The van der Waals surface area contributed by atoms with Crippen LogP contribution in [0.2, 0.25) is 0 Å². The highest BCUT2D eigenvalue weighted by Crippen LogP contribution is 2.61. The van der Waals surface area contributed by atoms with Crippen molar-refractivity contribution in [3.05, 3.63) is 42.0 Å². The molecule has 5 heteroatoms. The molecule has 1 aromatic carbocycles. The molecule has 2 saturated carbocycles. The third-order valence-corrected chi connectivity index (χ3v) is 7.15. The predicted octanol–water partition coefficient (Wildman–Crippen LogP) is 3.68. The third kappa shape index (κ3) is 2.58. The highest BCUT2D eigenvalue weighted by molar-refractivity contribution is 7.84. The van der Waals surface area contributed by atoms with E-state index in [1.54, 1.807) is 6.07 Å². The molecule has 0 saturated heterocycles. The number of benzene rings is 1. The maximum atomic E-state index is 11.1. The average Bonchev–Trinajstić information content (AvgIpc) is 2.97. The normalized spacial score (nSPS) is 34.8. The minimum absolute atomic E-state index is 0.326. The summed E-state index contributed by atoms with van der Waals surface area (Å²) in [6, 6.07) is 5.66. The monoisotopic (exact) mass is 347 g/mol. The molecule has 0 radical (unpaired) electrons. The molecule has 0 amide bonds. The van der Waals surface area contributed by atoms with Crippen molar-refractivity contribution in [2.75, 3.05) is 0 Å². The van der Waals surface area contributed by atoms with E-state index in [4.69, 9.17) is 9.32 Å². The fraction of sp³-hybridized carbons (Fsp3) is 0.579. The van der Waals surface area contributed by atoms with E-state index < -0.39 is 10.3 Å². The first-order valence-electron chi connectivity index (χ1n) is 8.90. The molecular weight excluding hydrogens is 322 g/mol. The largest absolute Gasteiger partial charge is 0.380 e. The Labute approximate surface area is 144 Å². The standard InChI is InChI=1S/C19H25NO3S/c1-2-19-10-3-4-18(19)17-7-5-13-12-14(23-24(20,21)22)6-8-15(13)16(17)9-11-19/h2,6,8,12,16-18H,1,3-5,7,9-11H2,(H2,20,21,22)/t16-,17-,18+,19+/m1/s1. The minimum atomic E-state index is -3.96. The first-order valence-corrected chi connectivity index (χ1v) is 10.4. The van der Waals surface area contributed by atoms with Crippen molar-refractivity contribution < 1.29 is 12.6 Å². The summed E-state index contributed by atoms with van der Waals surface area (Å²) in [5.74, 6) is 2.42. The van der Waals surface area contributed by atoms with Crippen LogP contribution in [0, 0.1) is 17.3 Å². The molecule has 2 N–H and O–H groups in total. The van der Waals surface area contributed by atoms with E-state index in [0.29, 0.717) is 17.1 Å². The summed E-state index contributed by atoms with van der Waals surface area (Å²) in [6.45, 7) is 4.16. The number of hydrogen-bond acceptors (Lipinski definition) is 3. The predicted molar refractivity (Wildman–Crippen MR) is 93.9 cm³/mol. The quantitative estimate of drug-likeness (QED) is 0.848. The minimum Gasteiger partial charge on any atom is -0.371 e. The topological polar surface area (TPSA) is 69.4 Å². The summed E-state index contributed by atoms with van der Waals surface area (Å²) in [7, 11) is -3.96. The Hall–Kier alpha value is -1.33. The number of rotatable bonds is 3. The summed E-state index contributed by atoms with van der Waals surface area (Å²) in [5, 5.41) is 4.98. The lowest BCUT2D eigenvalue weighted by Crippen LogP contribution is -2.40. The van der Waals surface area contributed by atoms with Gasteiger partial charge in [-0.1, -0.05) is 18.6 Å². The molecule has 2 fully saturated rings. The van der Waals surface area contributed by atoms with Gasteiger partial charge in [-0.05, 0) is 85.0 Å². The van der Waals surface area contributed by atoms with E-state index in [2.05, 4.69) is 18.7 Å². The molecule has 130 valence electrons. The highest BCUT2D eigenvalue weighted by atomic mass is 32.2. The summed E-state index contributed by atoms with van der Waals surface area (Å²) in [4.78, 5) is 0. The van der Waals surface area contributed by atoms with Gasteiger partial charge in [-0.2, -0.15) is 13.6 Å². The van der Waals surface area contributed by atoms with E-state index in [0.717, 1.165) is 18.3 Å². The maximum absolute atomic E-state index is 11.1. The fourth-order valence-corrected chi connectivity index (χ4v) is 6.18. The van der Waals surface area contributed by atoms with E-state index in [1.165, 1.54) is 49.7 Å². The molecule has 3 aliphatic rings. The van der Waals surface area contributed by atoms with Gasteiger partial charge in [0, 0.05) is 0 Å². The van der Waals surface area contributed by atoms with Gasteiger partial charge in [-0.25, -0.2) is 0 Å². The van der Waals surface area contributed by atoms with E-state index in [-0.39, 0.29) is 0 Å². The van der Waals surface area contributed by atoms with Gasteiger partial charge >= 0.3 is 10.3 Å². The molecule has 0 heterocycles. The Bertz CT molecular complexity index is 773. The zero-order chi connectivity index (χ0) is 16.9. The van der Waals surface area contributed by atoms with Gasteiger partial charge in [0.05, 0.1) is 0 Å². The smallest absolute Gasteiger partial charge is 0.371 e. The summed E-state index contributed by atoms with van der Waals surface area (Å²) < 4.78 is 27.1. The molecule has 1 aromatic rings. The van der Waals surface area contributed by atoms with Crippen molar-refractivity contribution in [2.45, 2.75) is 50.9 Å². The average molecular weight is 347 g/mol. The van der Waals surface area contributed by atoms with Gasteiger partial charge in [0.1, 0.15) is 5.75 Å². The van der Waals surface area contributed by atoms with Gasteiger partial charge in [0.25, 0.3) is 0 Å². The summed E-state index contributed by atoms with van der Waals surface area (Å²) in [5.41, 5.74) is 2.98. The van der Waals surface area contributed by atoms with Gasteiger partial charge in [0.15, 0.2) is 0 Å². The van der Waals surface area contributed by atoms with Crippen LogP contribution < -0.4 is 9.32 Å². The lowest BCUT2D eigenvalue weighted by Gasteiger charge is -2.49. The van der Waals surface area contributed by atoms with Crippen LogP contribution in [0.3, 0.4) is 0 Å². The number of fused-ring (bicyclic) bond motifs is 5. The van der Waals surface area contributed by atoms with Crippen molar-refractivity contribution >= 4 is 10.3 Å². The lowest BCUT2D eigenvalue weighted by atomic mass is 9.55. The zero-order valence-electron chi connectivity index (χ0n) is 13.9. The molecule has 0 spiro atoms. The Morgan fingerprint density at radius 1 is 1.25 bits per heavy atom. The zero-order valence-corrected chi connectivity index (χ0v) is 14.7. The lowest BCUT2D eigenvalue weighted by molar-refractivity contribution is 0.0831. The SMILES string of the molecule is C=C[C@@]12CCC[C@H]1[C@@H]1CCc3cc(OS(N)(=O)=O)ccc3[C@H]1CC2. The van der Waals surface area contributed by atoms with Crippen molar-refractivity contribution in [2.24, 2.45) is 22.4 Å². The first kappa shape index (κ1) is 16.2. The molecule has 0 aliphatic heterocycles. The number of allylic oxidation sites excluding steroid dienone is 1. The van der Waals surface area contributed by atoms with E-state index in [1.807, 2.05) is 6.07 Å². The molecule has 3 aliphatic carbocycles. The molecule has 4 atom stereocenters. The van der Waals surface area contributed by atoms with Crippen molar-refractivity contribution in [3.8, 4) is 5.75 Å². The molecule has 24 heavy (non-hydrogen) atoms. The van der Waals surface area contributed by atoms with E-state index in [9.17, 15) is 8.42 Å². The Balaban J connectivity index is 1.64. The molecule has 4 nitrogen and oxygen atoms in total. The second-order valence-corrected chi connectivity index (χ2v) is 8.87. The Morgan fingerprint density at radius 2 is 2.08 bits per heavy atom. The second-order valence-electron chi connectivity index (χ2n) is 7.72. The van der Waals surface area contributed by atoms with Gasteiger partial charge in [0.2, 0.25) is 0 Å². The summed E-state index contributed by atoms with van der Waals surface area (Å²) >= 11 is 0. The van der Waals surface area contributed by atoms with Gasteiger partial charge in [-0.3, -0.25) is 0 Å². The molecular formula is C19H25NO3S. The van der Waals surface area contributed by atoms with Gasteiger partial charge < -0.3 is 4.18 Å². The summed E-state index contributed by atoms with van der Waals surface area (Å²) in [6.07, 6.45) is 10.8. The van der Waals surface area contributed by atoms with Crippen LogP contribution in [0.5, 0.6) is 5.75 Å². The van der Waals surface area contributed by atoms with Crippen molar-refractivity contribution in [3.63, 3.8) is 0 Å². The van der Waals surface area contributed by atoms with Crippen molar-refractivity contribution in [1.29, 1.82) is 0 Å². The second kappa shape index (κ2) is 5.60. The molecule has 0 unspecified atom stereocenters. The number of nitrogens with two attached hydrogens (primary N) is 1. The highest BCUT2D eigenvalue weighted by Gasteiger charge is 2.51. The fourth-order valence-electron chi connectivity index (χ4n) is 5.81.